The lowest BCUT2D eigenvalue weighted by molar-refractivity contribution is 0.116. The van der Waals surface area contributed by atoms with Crippen molar-refractivity contribution in [3.05, 3.63) is 5.82 Å². The Bertz CT molecular complexity index is 277. The number of hydrogen-bond donors (Lipinski definition) is 1. The number of rotatable bonds is 7. The van der Waals surface area contributed by atoms with E-state index < -0.39 is 0 Å². The molecule has 0 aliphatic carbocycles. The van der Waals surface area contributed by atoms with Crippen LogP contribution in [0, 0.1) is 0 Å². The summed E-state index contributed by atoms with van der Waals surface area (Å²) >= 11 is 0. The third kappa shape index (κ3) is 4.26. The Balaban J connectivity index is 2.35. The zero-order valence-electron chi connectivity index (χ0n) is 9.32. The molecule has 1 N–H and O–H groups in total. The first-order chi connectivity index (χ1) is 7.26. The molecule has 0 saturated carbocycles. The van der Waals surface area contributed by atoms with Crippen LogP contribution in [0.3, 0.4) is 0 Å². The zero-order chi connectivity index (χ0) is 11.1. The van der Waals surface area contributed by atoms with E-state index in [0.29, 0.717) is 31.4 Å². The quantitative estimate of drug-likeness (QED) is 0.675. The van der Waals surface area contributed by atoms with Crippen LogP contribution in [0.25, 0.3) is 0 Å². The lowest BCUT2D eigenvalue weighted by atomic mass is 10.3. The van der Waals surface area contributed by atoms with Gasteiger partial charge in [0.2, 0.25) is 0 Å². The van der Waals surface area contributed by atoms with Gasteiger partial charge >= 0.3 is 6.01 Å². The Labute approximate surface area is 88.9 Å². The third-order valence-corrected chi connectivity index (χ3v) is 1.92. The van der Waals surface area contributed by atoms with Crippen molar-refractivity contribution in [3.63, 3.8) is 0 Å². The Hall–Kier alpha value is -1.14. The molecule has 6 heteroatoms. The Morgan fingerprint density at radius 3 is 2.93 bits per heavy atom. The Kier molecular flexibility index (Phi) is 5.06. The van der Waals surface area contributed by atoms with Crippen LogP contribution in [0.4, 0.5) is 6.01 Å². The first-order valence-electron chi connectivity index (χ1n) is 4.84. The molecule has 15 heavy (non-hydrogen) atoms. The summed E-state index contributed by atoms with van der Waals surface area (Å²) in [4.78, 5) is 4.15. The van der Waals surface area contributed by atoms with Gasteiger partial charge in [-0.05, 0) is 6.92 Å². The minimum atomic E-state index is 0.0921. The van der Waals surface area contributed by atoms with Crippen LogP contribution in [0.1, 0.15) is 12.7 Å². The van der Waals surface area contributed by atoms with Gasteiger partial charge in [0.1, 0.15) is 0 Å². The molecule has 1 heterocycles. The fraction of sp³-hybridized carbons (Fsp3) is 0.778. The van der Waals surface area contributed by atoms with Crippen molar-refractivity contribution >= 4 is 6.01 Å². The summed E-state index contributed by atoms with van der Waals surface area (Å²) < 4.78 is 15.0. The normalized spacial score (nSPS) is 12.7. The van der Waals surface area contributed by atoms with E-state index in [-0.39, 0.29) is 6.10 Å². The van der Waals surface area contributed by atoms with E-state index in [2.05, 4.69) is 15.5 Å². The van der Waals surface area contributed by atoms with Gasteiger partial charge in [-0.15, -0.1) is 0 Å². The van der Waals surface area contributed by atoms with Gasteiger partial charge in [-0.25, -0.2) is 0 Å². The molecule has 0 aromatic carbocycles. The molecular formula is C9H17N3O3. The first-order valence-corrected chi connectivity index (χ1v) is 4.84. The summed E-state index contributed by atoms with van der Waals surface area (Å²) in [6.45, 7) is 3.21. The van der Waals surface area contributed by atoms with E-state index in [0.717, 1.165) is 0 Å². The molecule has 1 rings (SSSR count). The average molecular weight is 215 g/mol. The summed E-state index contributed by atoms with van der Waals surface area (Å²) in [6, 6.07) is 0.422. The van der Waals surface area contributed by atoms with E-state index >= 15 is 0 Å². The maximum atomic E-state index is 5.10. The van der Waals surface area contributed by atoms with E-state index in [1.165, 1.54) is 0 Å². The third-order valence-electron chi connectivity index (χ3n) is 1.92. The summed E-state index contributed by atoms with van der Waals surface area (Å²) in [5.74, 6) is 0.643. The summed E-state index contributed by atoms with van der Waals surface area (Å²) in [5.41, 5.74) is 0. The maximum absolute atomic E-state index is 5.10. The van der Waals surface area contributed by atoms with Crippen LogP contribution in [-0.4, -0.2) is 43.6 Å². The number of hydrogen-bond acceptors (Lipinski definition) is 6. The second-order valence-corrected chi connectivity index (χ2v) is 3.19. The minimum Gasteiger partial charge on any atom is -0.383 e. The molecule has 0 bridgehead atoms. The summed E-state index contributed by atoms with van der Waals surface area (Å²) in [5, 5.41) is 6.76. The second kappa shape index (κ2) is 6.36. The van der Waals surface area contributed by atoms with Gasteiger partial charge in [0.25, 0.3) is 0 Å². The van der Waals surface area contributed by atoms with Crippen molar-refractivity contribution in [1.29, 1.82) is 0 Å². The lowest BCUT2D eigenvalue weighted by Gasteiger charge is -2.03. The van der Waals surface area contributed by atoms with E-state index in [4.69, 9.17) is 14.0 Å². The largest absolute Gasteiger partial charge is 0.383 e. The number of aromatic nitrogens is 2. The van der Waals surface area contributed by atoms with E-state index in [1.807, 2.05) is 6.92 Å². The van der Waals surface area contributed by atoms with Gasteiger partial charge < -0.3 is 19.3 Å². The topological polar surface area (TPSA) is 69.4 Å². The van der Waals surface area contributed by atoms with Crippen LogP contribution in [-0.2, 0) is 15.9 Å². The molecule has 0 spiro atoms. The Morgan fingerprint density at radius 2 is 2.27 bits per heavy atom. The average Bonchev–Trinajstić information content (AvgIpc) is 2.66. The molecule has 0 aliphatic rings. The number of anilines is 1. The van der Waals surface area contributed by atoms with Gasteiger partial charge in [-0.2, -0.15) is 4.98 Å². The van der Waals surface area contributed by atoms with Gasteiger partial charge in [0.15, 0.2) is 5.82 Å². The highest BCUT2D eigenvalue weighted by Crippen LogP contribution is 2.05. The molecule has 86 valence electrons. The molecule has 6 nitrogen and oxygen atoms in total. The monoisotopic (exact) mass is 215 g/mol. The second-order valence-electron chi connectivity index (χ2n) is 3.19. The van der Waals surface area contributed by atoms with Crippen molar-refractivity contribution in [3.8, 4) is 0 Å². The fourth-order valence-corrected chi connectivity index (χ4v) is 1.01. The molecule has 0 aliphatic heterocycles. The van der Waals surface area contributed by atoms with E-state index in [9.17, 15) is 0 Å². The van der Waals surface area contributed by atoms with Crippen molar-refractivity contribution in [2.24, 2.45) is 0 Å². The molecule has 0 amide bonds. The predicted octanol–water partition coefficient (Wildman–Crippen LogP) is 0.705. The highest BCUT2D eigenvalue weighted by Gasteiger charge is 2.09. The Morgan fingerprint density at radius 1 is 1.47 bits per heavy atom. The minimum absolute atomic E-state index is 0.0921. The smallest absolute Gasteiger partial charge is 0.321 e. The van der Waals surface area contributed by atoms with Crippen LogP contribution < -0.4 is 5.32 Å². The first kappa shape index (κ1) is 11.9. The molecule has 1 aromatic heterocycles. The zero-order valence-corrected chi connectivity index (χ0v) is 9.32. The van der Waals surface area contributed by atoms with Gasteiger partial charge in [-0.1, -0.05) is 5.16 Å². The summed E-state index contributed by atoms with van der Waals surface area (Å²) in [7, 11) is 3.30. The number of ether oxygens (including phenoxy) is 2. The number of nitrogens with zero attached hydrogens (tertiary/aromatic N) is 2. The van der Waals surface area contributed by atoms with Crippen LogP contribution in [0.15, 0.2) is 4.52 Å². The summed E-state index contributed by atoms with van der Waals surface area (Å²) in [6.07, 6.45) is 0.737. The van der Waals surface area contributed by atoms with Crippen molar-refractivity contribution in [1.82, 2.24) is 10.1 Å². The molecule has 0 radical (unpaired) electrons. The molecular weight excluding hydrogens is 198 g/mol. The van der Waals surface area contributed by atoms with Crippen LogP contribution in [0.5, 0.6) is 0 Å². The molecule has 1 unspecified atom stereocenters. The highest BCUT2D eigenvalue weighted by atomic mass is 16.5. The van der Waals surface area contributed by atoms with Gasteiger partial charge in [0.05, 0.1) is 12.7 Å². The fourth-order valence-electron chi connectivity index (χ4n) is 1.01. The van der Waals surface area contributed by atoms with Crippen molar-refractivity contribution in [2.45, 2.75) is 19.4 Å². The molecule has 0 saturated heterocycles. The predicted molar refractivity (Wildman–Crippen MR) is 54.8 cm³/mol. The van der Waals surface area contributed by atoms with Crippen LogP contribution >= 0.6 is 0 Å². The van der Waals surface area contributed by atoms with E-state index in [1.54, 1.807) is 14.2 Å². The number of nitrogens with one attached hydrogen (secondary N) is 1. The SMILES string of the molecule is COCCNc1nc(CC(C)OC)no1. The molecule has 1 aromatic rings. The van der Waals surface area contributed by atoms with Gasteiger partial charge in [0, 0.05) is 27.2 Å². The van der Waals surface area contributed by atoms with Crippen molar-refractivity contribution < 1.29 is 14.0 Å². The van der Waals surface area contributed by atoms with Gasteiger partial charge in [-0.3, -0.25) is 0 Å². The lowest BCUT2D eigenvalue weighted by Crippen LogP contribution is -2.10. The standard InChI is InChI=1S/C9H17N3O3/c1-7(14-3)6-8-11-9(15-12-8)10-4-5-13-2/h7H,4-6H2,1-3H3,(H,10,11,12). The maximum Gasteiger partial charge on any atom is 0.321 e. The highest BCUT2D eigenvalue weighted by molar-refractivity contribution is 5.17. The van der Waals surface area contributed by atoms with Crippen LogP contribution in [0.2, 0.25) is 0 Å². The van der Waals surface area contributed by atoms with Crippen molar-refractivity contribution in [2.75, 3.05) is 32.7 Å². The number of methoxy groups -OCH3 is 2. The molecule has 0 fully saturated rings. The molecule has 1 atom stereocenters.